The summed E-state index contributed by atoms with van der Waals surface area (Å²) in [5.41, 5.74) is 0.155. The Hall–Kier alpha value is -1.26. The molecular weight excluding hydrogens is 301 g/mol. The van der Waals surface area contributed by atoms with Gasteiger partial charge in [-0.2, -0.15) is 0 Å². The lowest BCUT2D eigenvalue weighted by Crippen LogP contribution is -2.37. The summed E-state index contributed by atoms with van der Waals surface area (Å²) < 4.78 is 5.25. The molecule has 0 bridgehead atoms. The van der Waals surface area contributed by atoms with E-state index in [9.17, 15) is 9.59 Å². The highest BCUT2D eigenvalue weighted by Crippen LogP contribution is 2.23. The Morgan fingerprint density at radius 1 is 1.30 bits per heavy atom. The Morgan fingerprint density at radius 2 is 1.95 bits per heavy atom. The summed E-state index contributed by atoms with van der Waals surface area (Å²) in [6, 6.07) is 5.05. The van der Waals surface area contributed by atoms with Crippen LogP contribution in [0, 0.1) is 0 Å². The van der Waals surface area contributed by atoms with Gasteiger partial charge >= 0.3 is 6.09 Å². The van der Waals surface area contributed by atoms with Gasteiger partial charge in [0, 0.05) is 6.54 Å². The van der Waals surface area contributed by atoms with E-state index in [1.54, 1.807) is 39.0 Å². The molecule has 0 heterocycles. The largest absolute Gasteiger partial charge is 0.444 e. The molecule has 0 unspecified atom stereocenters. The van der Waals surface area contributed by atoms with Crippen LogP contribution in [0.3, 0.4) is 0 Å². The molecule has 0 saturated carbocycles. The van der Waals surface area contributed by atoms with Crippen molar-refractivity contribution in [3.05, 3.63) is 33.8 Å². The molecule has 0 radical (unpaired) electrons. The van der Waals surface area contributed by atoms with E-state index < -0.39 is 11.7 Å². The number of carbonyl (C=O) groups is 2. The van der Waals surface area contributed by atoms with E-state index in [1.807, 2.05) is 0 Å². The highest BCUT2D eigenvalue weighted by Gasteiger charge is 2.22. The predicted octanol–water partition coefficient (Wildman–Crippen LogP) is 3.93. The van der Waals surface area contributed by atoms with E-state index in [4.69, 9.17) is 27.9 Å². The molecule has 0 aliphatic heterocycles. The third-order valence-corrected chi connectivity index (χ3v) is 3.04. The third kappa shape index (κ3) is 5.39. The molecule has 1 amide bonds. The van der Waals surface area contributed by atoms with Gasteiger partial charge in [0.2, 0.25) is 0 Å². The van der Waals surface area contributed by atoms with Crippen LogP contribution < -0.4 is 0 Å². The molecule has 0 aliphatic rings. The average molecular weight is 318 g/mol. The number of hydrogen-bond acceptors (Lipinski definition) is 3. The Kier molecular flexibility index (Phi) is 5.84. The van der Waals surface area contributed by atoms with Gasteiger partial charge < -0.3 is 9.53 Å². The zero-order valence-corrected chi connectivity index (χ0v) is 13.2. The fourth-order valence-corrected chi connectivity index (χ4v) is 1.80. The zero-order valence-electron chi connectivity index (χ0n) is 11.7. The second kappa shape index (κ2) is 6.95. The molecule has 1 aromatic carbocycles. The number of amides is 1. The van der Waals surface area contributed by atoms with Crippen molar-refractivity contribution in [2.24, 2.45) is 0 Å². The number of carbonyl (C=O) groups excluding carboxylic acids is 2. The Bertz CT molecular complexity index is 498. The number of aldehydes is 1. The van der Waals surface area contributed by atoms with Gasteiger partial charge in [-0.25, -0.2) is 4.79 Å². The lowest BCUT2D eigenvalue weighted by atomic mass is 10.2. The number of nitrogens with zero attached hydrogens (tertiary/aromatic N) is 1. The summed E-state index contributed by atoms with van der Waals surface area (Å²) in [5, 5.41) is 0.842. The van der Waals surface area contributed by atoms with Gasteiger partial charge in [-0.05, 0) is 38.5 Å². The molecule has 20 heavy (non-hydrogen) atoms. The van der Waals surface area contributed by atoms with Gasteiger partial charge in [-0.1, -0.05) is 29.3 Å². The fraction of sp³-hybridized carbons (Fsp3) is 0.429. The minimum Gasteiger partial charge on any atom is -0.444 e. The number of hydrogen-bond donors (Lipinski definition) is 0. The highest BCUT2D eigenvalue weighted by atomic mass is 35.5. The first kappa shape index (κ1) is 16.8. The smallest absolute Gasteiger partial charge is 0.410 e. The molecule has 6 heteroatoms. The van der Waals surface area contributed by atoms with Crippen molar-refractivity contribution in [2.75, 3.05) is 6.54 Å². The molecule has 0 spiro atoms. The molecule has 1 aromatic rings. The fourth-order valence-electron chi connectivity index (χ4n) is 1.48. The van der Waals surface area contributed by atoms with Crippen LogP contribution in [0.4, 0.5) is 4.79 Å². The van der Waals surface area contributed by atoms with Crippen LogP contribution in [0.25, 0.3) is 0 Å². The summed E-state index contributed by atoms with van der Waals surface area (Å²) in [6.45, 7) is 5.48. The van der Waals surface area contributed by atoms with Crippen LogP contribution in [0.1, 0.15) is 26.3 Å². The lowest BCUT2D eigenvalue weighted by Gasteiger charge is -2.26. The summed E-state index contributed by atoms with van der Waals surface area (Å²) >= 11 is 11.8. The number of halogens is 2. The van der Waals surface area contributed by atoms with Gasteiger partial charge in [0.15, 0.2) is 0 Å². The van der Waals surface area contributed by atoms with Crippen LogP contribution in [0.2, 0.25) is 10.0 Å². The average Bonchev–Trinajstić information content (AvgIpc) is 2.31. The first-order valence-corrected chi connectivity index (χ1v) is 6.84. The number of benzene rings is 1. The molecule has 0 atom stereocenters. The van der Waals surface area contributed by atoms with Crippen LogP contribution in [0.15, 0.2) is 18.2 Å². The maximum absolute atomic E-state index is 12.0. The van der Waals surface area contributed by atoms with Gasteiger partial charge in [0.1, 0.15) is 11.9 Å². The summed E-state index contributed by atoms with van der Waals surface area (Å²) in [5.74, 6) is 0. The maximum Gasteiger partial charge on any atom is 0.410 e. The van der Waals surface area contributed by atoms with Crippen molar-refractivity contribution >= 4 is 35.6 Å². The molecule has 0 fully saturated rings. The number of ether oxygens (including phenoxy) is 1. The SMILES string of the molecule is CC(C)(C)OC(=O)N(CC=O)Cc1ccc(Cl)c(Cl)c1. The van der Waals surface area contributed by atoms with Gasteiger partial charge in [0.25, 0.3) is 0 Å². The highest BCUT2D eigenvalue weighted by molar-refractivity contribution is 6.42. The number of rotatable bonds is 4. The van der Waals surface area contributed by atoms with Crippen molar-refractivity contribution in [2.45, 2.75) is 32.9 Å². The van der Waals surface area contributed by atoms with Crippen molar-refractivity contribution in [1.82, 2.24) is 4.90 Å². The van der Waals surface area contributed by atoms with Crippen LogP contribution in [-0.2, 0) is 16.1 Å². The molecular formula is C14H17Cl2NO3. The Balaban J connectivity index is 2.83. The topological polar surface area (TPSA) is 46.6 Å². The first-order valence-electron chi connectivity index (χ1n) is 6.08. The molecule has 0 aromatic heterocycles. The van der Waals surface area contributed by atoms with Crippen molar-refractivity contribution < 1.29 is 14.3 Å². The standard InChI is InChI=1S/C14H17Cl2NO3/c1-14(2,3)20-13(19)17(6-7-18)9-10-4-5-11(15)12(16)8-10/h4-5,7-8H,6,9H2,1-3H3. The Labute approximate surface area is 128 Å². The second-order valence-corrected chi connectivity index (χ2v) is 6.09. The van der Waals surface area contributed by atoms with E-state index >= 15 is 0 Å². The second-order valence-electron chi connectivity index (χ2n) is 5.28. The molecule has 4 nitrogen and oxygen atoms in total. The van der Waals surface area contributed by atoms with Crippen LogP contribution in [-0.4, -0.2) is 29.4 Å². The van der Waals surface area contributed by atoms with Crippen LogP contribution in [0.5, 0.6) is 0 Å². The lowest BCUT2D eigenvalue weighted by molar-refractivity contribution is -0.109. The maximum atomic E-state index is 12.0. The quantitative estimate of drug-likeness (QED) is 0.790. The zero-order chi connectivity index (χ0) is 15.3. The molecule has 110 valence electrons. The first-order chi connectivity index (χ1) is 9.23. The summed E-state index contributed by atoms with van der Waals surface area (Å²) in [7, 11) is 0. The van der Waals surface area contributed by atoms with E-state index in [1.165, 1.54) is 4.90 Å². The molecule has 0 aliphatic carbocycles. The van der Waals surface area contributed by atoms with E-state index in [-0.39, 0.29) is 13.1 Å². The van der Waals surface area contributed by atoms with Crippen molar-refractivity contribution in [3.8, 4) is 0 Å². The minimum atomic E-state index is -0.615. The summed E-state index contributed by atoms with van der Waals surface area (Å²) in [6.07, 6.45) is 0.109. The minimum absolute atomic E-state index is 0.0465. The van der Waals surface area contributed by atoms with Gasteiger partial charge in [-0.3, -0.25) is 4.90 Å². The van der Waals surface area contributed by atoms with E-state index in [0.717, 1.165) is 5.56 Å². The van der Waals surface area contributed by atoms with E-state index in [2.05, 4.69) is 0 Å². The van der Waals surface area contributed by atoms with Crippen LogP contribution >= 0.6 is 23.2 Å². The monoisotopic (exact) mass is 317 g/mol. The molecule has 0 saturated heterocycles. The van der Waals surface area contributed by atoms with Gasteiger partial charge in [0.05, 0.1) is 16.6 Å². The Morgan fingerprint density at radius 3 is 2.45 bits per heavy atom. The third-order valence-electron chi connectivity index (χ3n) is 2.30. The molecule has 0 N–H and O–H groups in total. The normalized spacial score (nSPS) is 11.1. The van der Waals surface area contributed by atoms with Gasteiger partial charge in [-0.15, -0.1) is 0 Å². The summed E-state index contributed by atoms with van der Waals surface area (Å²) in [4.78, 5) is 24.0. The van der Waals surface area contributed by atoms with Crippen molar-refractivity contribution in [1.29, 1.82) is 0 Å². The van der Waals surface area contributed by atoms with E-state index in [0.29, 0.717) is 16.3 Å². The molecule has 1 rings (SSSR count). The predicted molar refractivity (Wildman–Crippen MR) is 79.2 cm³/mol. The van der Waals surface area contributed by atoms with Crippen molar-refractivity contribution in [3.63, 3.8) is 0 Å².